The van der Waals surface area contributed by atoms with Crippen LogP contribution in [0.5, 0.6) is 0 Å². The van der Waals surface area contributed by atoms with Gasteiger partial charge in [0.25, 0.3) is 6.04 Å². The number of carbonyl (C=O) groups excluding carboxylic acids is 1. The molecule has 4 atom stereocenters. The Morgan fingerprint density at radius 3 is 2.48 bits per heavy atom. The van der Waals surface area contributed by atoms with Crippen molar-refractivity contribution in [2.75, 3.05) is 7.05 Å². The number of Topliss-reactive ketones (excluding diaryl/α,β-unsaturated/α-hetero) is 1. The standard InChI is InChI=1S/C22H30N2O/c1-21(2)19-12-11-17(24(5)15-16-9-7-6-8-10-16)13-22(19,3)14-18(23-4)20(21)25/h6-10,17-19H,11-15H2,1-3,5H3/t17-,18?,19-,22-/m0/s1. The van der Waals surface area contributed by atoms with Gasteiger partial charge in [0.1, 0.15) is 0 Å². The van der Waals surface area contributed by atoms with E-state index in [9.17, 15) is 4.79 Å². The number of rotatable bonds is 3. The second kappa shape index (κ2) is 6.57. The van der Waals surface area contributed by atoms with E-state index in [0.717, 1.165) is 32.2 Å². The molecule has 0 N–H and O–H groups in total. The molecular formula is C22H30N2O. The quantitative estimate of drug-likeness (QED) is 0.754. The third-order valence-corrected chi connectivity index (χ3v) is 6.85. The van der Waals surface area contributed by atoms with Crippen LogP contribution in [0.4, 0.5) is 0 Å². The summed E-state index contributed by atoms with van der Waals surface area (Å²) in [6, 6.07) is 10.7. The van der Waals surface area contributed by atoms with Crippen molar-refractivity contribution >= 4 is 5.78 Å². The van der Waals surface area contributed by atoms with Crippen molar-refractivity contribution in [1.82, 2.24) is 4.90 Å². The van der Waals surface area contributed by atoms with Gasteiger partial charge in [-0.2, -0.15) is 0 Å². The average Bonchev–Trinajstić information content (AvgIpc) is 2.58. The van der Waals surface area contributed by atoms with Crippen LogP contribution in [0.2, 0.25) is 0 Å². The highest BCUT2D eigenvalue weighted by molar-refractivity contribution is 5.91. The first-order valence-corrected chi connectivity index (χ1v) is 9.43. The van der Waals surface area contributed by atoms with E-state index in [4.69, 9.17) is 6.57 Å². The summed E-state index contributed by atoms with van der Waals surface area (Å²) in [5.74, 6) is 0.563. The van der Waals surface area contributed by atoms with Crippen molar-refractivity contribution in [2.45, 2.75) is 65.1 Å². The molecule has 3 heteroatoms. The lowest BCUT2D eigenvalue weighted by molar-refractivity contribution is -0.145. The van der Waals surface area contributed by atoms with Gasteiger partial charge >= 0.3 is 0 Å². The number of ketones is 1. The lowest BCUT2D eigenvalue weighted by Gasteiger charge is -2.55. The maximum atomic E-state index is 12.7. The Labute approximate surface area is 152 Å². The Morgan fingerprint density at radius 2 is 1.84 bits per heavy atom. The van der Waals surface area contributed by atoms with Crippen molar-refractivity contribution in [2.24, 2.45) is 16.7 Å². The van der Waals surface area contributed by atoms with E-state index in [2.05, 4.69) is 67.9 Å². The van der Waals surface area contributed by atoms with Crippen LogP contribution in [-0.2, 0) is 11.3 Å². The monoisotopic (exact) mass is 338 g/mol. The second-order valence-corrected chi connectivity index (χ2v) is 8.98. The Bertz CT molecular complexity index is 675. The summed E-state index contributed by atoms with van der Waals surface area (Å²) in [7, 11) is 2.22. The van der Waals surface area contributed by atoms with Crippen molar-refractivity contribution < 1.29 is 4.79 Å². The molecule has 0 heterocycles. The fourth-order valence-electron chi connectivity index (χ4n) is 5.56. The molecule has 0 aliphatic heterocycles. The predicted octanol–water partition coefficient (Wildman–Crippen LogP) is 4.58. The Kier molecular flexibility index (Phi) is 4.77. The van der Waals surface area contributed by atoms with Gasteiger partial charge in [-0.15, -0.1) is 0 Å². The molecule has 2 saturated carbocycles. The number of carbonyl (C=O) groups is 1. The molecular weight excluding hydrogens is 308 g/mol. The topological polar surface area (TPSA) is 24.7 Å². The molecule has 1 aromatic rings. The molecule has 134 valence electrons. The third-order valence-electron chi connectivity index (χ3n) is 6.85. The van der Waals surface area contributed by atoms with Crippen LogP contribution in [0.1, 0.15) is 52.0 Å². The zero-order valence-corrected chi connectivity index (χ0v) is 16.0. The van der Waals surface area contributed by atoms with Gasteiger partial charge in [-0.25, -0.2) is 6.57 Å². The summed E-state index contributed by atoms with van der Waals surface area (Å²) in [6.45, 7) is 14.9. The van der Waals surface area contributed by atoms with Crippen molar-refractivity contribution in [3.63, 3.8) is 0 Å². The third kappa shape index (κ3) is 3.25. The lowest BCUT2D eigenvalue weighted by Crippen LogP contribution is -2.57. The van der Waals surface area contributed by atoms with Crippen LogP contribution in [0.3, 0.4) is 0 Å². The summed E-state index contributed by atoms with van der Waals surface area (Å²) in [5, 5.41) is 0. The fraction of sp³-hybridized carbons (Fsp3) is 0.636. The van der Waals surface area contributed by atoms with Gasteiger partial charge in [-0.05, 0) is 43.2 Å². The van der Waals surface area contributed by atoms with Crippen molar-refractivity contribution in [3.8, 4) is 0 Å². The van der Waals surface area contributed by atoms with Crippen LogP contribution in [0.25, 0.3) is 4.85 Å². The minimum Gasteiger partial charge on any atom is -0.305 e. The molecule has 0 aromatic heterocycles. The predicted molar refractivity (Wildman–Crippen MR) is 101 cm³/mol. The molecule has 1 unspecified atom stereocenters. The summed E-state index contributed by atoms with van der Waals surface area (Å²) in [5.41, 5.74) is 1.06. The SMILES string of the molecule is [C-]#[N+]C1C[C@]2(C)C[C@@H](N(C)Cc3ccccc3)CC[C@H]2C(C)(C)C1=O. The zero-order valence-electron chi connectivity index (χ0n) is 16.0. The van der Waals surface area contributed by atoms with E-state index < -0.39 is 6.04 Å². The molecule has 2 fully saturated rings. The van der Waals surface area contributed by atoms with Crippen LogP contribution in [0, 0.1) is 23.3 Å². The highest BCUT2D eigenvalue weighted by atomic mass is 16.1. The zero-order chi connectivity index (χ0) is 18.2. The van der Waals surface area contributed by atoms with Gasteiger partial charge < -0.3 is 4.85 Å². The Morgan fingerprint density at radius 1 is 1.16 bits per heavy atom. The molecule has 3 nitrogen and oxygen atoms in total. The molecule has 1 aromatic carbocycles. The lowest BCUT2D eigenvalue weighted by atomic mass is 9.49. The molecule has 0 spiro atoms. The highest BCUT2D eigenvalue weighted by Gasteiger charge is 2.59. The van der Waals surface area contributed by atoms with E-state index in [1.165, 1.54) is 5.56 Å². The fourth-order valence-corrected chi connectivity index (χ4v) is 5.56. The molecule has 0 saturated heterocycles. The van der Waals surface area contributed by atoms with Crippen LogP contribution in [0.15, 0.2) is 30.3 Å². The van der Waals surface area contributed by atoms with Crippen LogP contribution in [-0.4, -0.2) is 29.8 Å². The maximum Gasteiger partial charge on any atom is 0.281 e. The van der Waals surface area contributed by atoms with Gasteiger partial charge in [0.15, 0.2) is 0 Å². The average molecular weight is 338 g/mol. The Balaban J connectivity index is 1.77. The molecule has 2 aliphatic rings. The number of hydrogen-bond donors (Lipinski definition) is 0. The summed E-state index contributed by atoms with van der Waals surface area (Å²) < 4.78 is 0. The minimum atomic E-state index is -0.450. The number of hydrogen-bond acceptors (Lipinski definition) is 2. The Hall–Kier alpha value is -1.66. The smallest absolute Gasteiger partial charge is 0.281 e. The van der Waals surface area contributed by atoms with Crippen LogP contribution < -0.4 is 0 Å². The van der Waals surface area contributed by atoms with Crippen molar-refractivity contribution in [1.29, 1.82) is 0 Å². The largest absolute Gasteiger partial charge is 0.305 e. The van der Waals surface area contributed by atoms with E-state index in [1.807, 2.05) is 0 Å². The van der Waals surface area contributed by atoms with Crippen molar-refractivity contribution in [3.05, 3.63) is 47.3 Å². The number of nitrogens with zero attached hydrogens (tertiary/aromatic N) is 2. The molecule has 0 bridgehead atoms. The molecule has 3 rings (SSSR count). The summed E-state index contributed by atoms with van der Waals surface area (Å²) in [6.07, 6.45) is 4.05. The second-order valence-electron chi connectivity index (χ2n) is 8.98. The molecule has 0 radical (unpaired) electrons. The number of benzene rings is 1. The van der Waals surface area contributed by atoms with Gasteiger partial charge in [0, 0.05) is 24.4 Å². The van der Waals surface area contributed by atoms with Gasteiger partial charge in [-0.3, -0.25) is 9.69 Å². The van der Waals surface area contributed by atoms with Gasteiger partial charge in [0.05, 0.1) is 0 Å². The normalized spacial score (nSPS) is 34.4. The molecule has 25 heavy (non-hydrogen) atoms. The first-order valence-electron chi connectivity index (χ1n) is 9.43. The number of fused-ring (bicyclic) bond motifs is 1. The molecule has 2 aliphatic carbocycles. The van der Waals surface area contributed by atoms with Crippen LogP contribution >= 0.6 is 0 Å². The summed E-state index contributed by atoms with van der Waals surface area (Å²) >= 11 is 0. The first kappa shape index (κ1) is 18.1. The summed E-state index contributed by atoms with van der Waals surface area (Å²) in [4.78, 5) is 18.9. The maximum absolute atomic E-state index is 12.7. The highest BCUT2D eigenvalue weighted by Crippen LogP contribution is 2.57. The van der Waals surface area contributed by atoms with Gasteiger partial charge in [-0.1, -0.05) is 51.1 Å². The van der Waals surface area contributed by atoms with Gasteiger partial charge in [0.2, 0.25) is 5.78 Å². The minimum absolute atomic E-state index is 0.0838. The van der Waals surface area contributed by atoms with E-state index >= 15 is 0 Å². The molecule has 0 amide bonds. The first-order chi connectivity index (χ1) is 11.8. The van der Waals surface area contributed by atoms with E-state index in [0.29, 0.717) is 12.0 Å². The van der Waals surface area contributed by atoms with E-state index in [-0.39, 0.29) is 16.6 Å². The van der Waals surface area contributed by atoms with E-state index in [1.54, 1.807) is 0 Å².